The van der Waals surface area contributed by atoms with Gasteiger partial charge < -0.3 is 0 Å². The smallest absolute Gasteiger partial charge is 0.150 e. The van der Waals surface area contributed by atoms with E-state index in [1.807, 2.05) is 24.3 Å². The Kier molecular flexibility index (Phi) is 3.69. The van der Waals surface area contributed by atoms with Crippen molar-refractivity contribution in [1.82, 2.24) is 0 Å². The molecule has 0 saturated heterocycles. The highest BCUT2D eigenvalue weighted by atomic mass is 16.1. The van der Waals surface area contributed by atoms with E-state index in [0.29, 0.717) is 5.56 Å². The first-order valence-corrected chi connectivity index (χ1v) is 11.3. The molecule has 0 aromatic heterocycles. The van der Waals surface area contributed by atoms with Gasteiger partial charge in [0.2, 0.25) is 0 Å². The van der Waals surface area contributed by atoms with Gasteiger partial charge in [0.25, 0.3) is 0 Å². The summed E-state index contributed by atoms with van der Waals surface area (Å²) in [6.45, 7) is 0. The Bertz CT molecular complexity index is 1530. The summed E-state index contributed by atoms with van der Waals surface area (Å²) in [5.74, 6) is 0. The first kappa shape index (κ1) is 18.4. The van der Waals surface area contributed by atoms with Crippen LogP contribution in [0.4, 0.5) is 0 Å². The van der Waals surface area contributed by atoms with Crippen molar-refractivity contribution in [3.05, 3.63) is 143 Å². The number of rotatable bonds is 2. The second kappa shape index (κ2) is 6.63. The van der Waals surface area contributed by atoms with E-state index in [4.69, 9.17) is 0 Å². The van der Waals surface area contributed by atoms with Crippen LogP contribution in [0.3, 0.4) is 0 Å². The molecule has 5 aromatic rings. The van der Waals surface area contributed by atoms with Crippen LogP contribution in [0.5, 0.6) is 0 Å². The van der Waals surface area contributed by atoms with E-state index in [0.717, 1.165) is 17.4 Å². The van der Waals surface area contributed by atoms with Gasteiger partial charge in [-0.3, -0.25) is 4.79 Å². The lowest BCUT2D eigenvalue weighted by atomic mass is 9.70. The molecule has 154 valence electrons. The summed E-state index contributed by atoms with van der Waals surface area (Å²) < 4.78 is 0. The fourth-order valence-electron chi connectivity index (χ4n) is 6.03. The zero-order valence-corrected chi connectivity index (χ0v) is 18.0. The number of hydrogen-bond acceptors (Lipinski definition) is 1. The van der Waals surface area contributed by atoms with Crippen molar-refractivity contribution in [1.29, 1.82) is 0 Å². The number of fused-ring (bicyclic) bond motifs is 10. The SMILES string of the molecule is O=Cc1ccc(-c2ccc3c(c2)-c2ccccc2C32c3ccccc3-c3ccccc32)cc1. The molecule has 0 saturated carbocycles. The maximum absolute atomic E-state index is 11.1. The molecule has 0 fully saturated rings. The molecule has 0 amide bonds. The topological polar surface area (TPSA) is 17.1 Å². The molecule has 5 aromatic carbocycles. The third kappa shape index (κ3) is 2.29. The first-order chi connectivity index (χ1) is 16.3. The fraction of sp³-hybridized carbons (Fsp3) is 0.0312. The van der Waals surface area contributed by atoms with Crippen LogP contribution in [0.25, 0.3) is 33.4 Å². The van der Waals surface area contributed by atoms with Crippen LogP contribution in [0.15, 0.2) is 115 Å². The second-order valence-electron chi connectivity index (χ2n) is 8.89. The van der Waals surface area contributed by atoms with E-state index in [1.54, 1.807) is 0 Å². The predicted octanol–water partition coefficient (Wildman–Crippen LogP) is 7.51. The molecule has 0 heterocycles. The highest BCUT2D eigenvalue weighted by molar-refractivity contribution is 5.96. The maximum Gasteiger partial charge on any atom is 0.150 e. The molecule has 0 N–H and O–H groups in total. The molecule has 0 atom stereocenters. The van der Waals surface area contributed by atoms with E-state index >= 15 is 0 Å². The lowest BCUT2D eigenvalue weighted by Crippen LogP contribution is -2.25. The molecule has 1 nitrogen and oxygen atoms in total. The summed E-state index contributed by atoms with van der Waals surface area (Å²) in [6.07, 6.45) is 0.890. The summed E-state index contributed by atoms with van der Waals surface area (Å²) in [5.41, 5.74) is 13.3. The van der Waals surface area contributed by atoms with Crippen LogP contribution < -0.4 is 0 Å². The summed E-state index contributed by atoms with van der Waals surface area (Å²) >= 11 is 0. The van der Waals surface area contributed by atoms with Gasteiger partial charge in [-0.15, -0.1) is 0 Å². The molecule has 0 bridgehead atoms. The monoisotopic (exact) mass is 420 g/mol. The van der Waals surface area contributed by atoms with Crippen molar-refractivity contribution in [3.63, 3.8) is 0 Å². The van der Waals surface area contributed by atoms with Crippen LogP contribution in [-0.2, 0) is 5.41 Å². The minimum Gasteiger partial charge on any atom is -0.298 e. The van der Waals surface area contributed by atoms with Gasteiger partial charge in [0.15, 0.2) is 0 Å². The first-order valence-electron chi connectivity index (χ1n) is 11.3. The molecule has 0 radical (unpaired) electrons. The van der Waals surface area contributed by atoms with Crippen molar-refractivity contribution in [2.45, 2.75) is 5.41 Å². The molecule has 33 heavy (non-hydrogen) atoms. The molecule has 0 unspecified atom stereocenters. The Hall–Kier alpha value is -4.23. The Morgan fingerprint density at radius 2 is 0.909 bits per heavy atom. The third-order valence-electron chi connectivity index (χ3n) is 7.38. The average molecular weight is 421 g/mol. The summed E-state index contributed by atoms with van der Waals surface area (Å²) in [5, 5.41) is 0. The van der Waals surface area contributed by atoms with Crippen LogP contribution in [0, 0.1) is 0 Å². The number of carbonyl (C=O) groups is 1. The maximum atomic E-state index is 11.1. The lowest BCUT2D eigenvalue weighted by molar-refractivity contribution is 0.112. The minimum absolute atomic E-state index is 0.293. The molecular formula is C32H20O. The Labute approximate surface area is 193 Å². The van der Waals surface area contributed by atoms with Crippen LogP contribution in [0.2, 0.25) is 0 Å². The van der Waals surface area contributed by atoms with Crippen molar-refractivity contribution in [2.24, 2.45) is 0 Å². The molecular weight excluding hydrogens is 400 g/mol. The Morgan fingerprint density at radius 3 is 1.45 bits per heavy atom. The summed E-state index contributed by atoms with van der Waals surface area (Å²) in [4.78, 5) is 11.1. The number of aldehydes is 1. The minimum atomic E-state index is -0.293. The average Bonchev–Trinajstić information content (AvgIpc) is 3.36. The molecule has 7 rings (SSSR count). The number of hydrogen-bond donors (Lipinski definition) is 0. The van der Waals surface area contributed by atoms with Gasteiger partial charge in [0, 0.05) is 5.56 Å². The molecule has 2 aliphatic rings. The molecule has 0 aliphatic heterocycles. The highest BCUT2D eigenvalue weighted by Gasteiger charge is 2.51. The van der Waals surface area contributed by atoms with E-state index in [2.05, 4.69) is 91.0 Å². The van der Waals surface area contributed by atoms with E-state index < -0.39 is 0 Å². The largest absolute Gasteiger partial charge is 0.298 e. The molecule has 2 aliphatic carbocycles. The normalized spacial score (nSPS) is 13.8. The highest BCUT2D eigenvalue weighted by Crippen LogP contribution is 2.62. The third-order valence-corrected chi connectivity index (χ3v) is 7.38. The van der Waals surface area contributed by atoms with Crippen LogP contribution >= 0.6 is 0 Å². The summed E-state index contributed by atoms with van der Waals surface area (Å²) in [6, 6.07) is 41.3. The Balaban J connectivity index is 1.55. The standard InChI is InChI=1S/C32H20O/c33-20-21-13-15-22(16-14-21)23-17-18-31-27(19-23)26-9-3-6-12-30(26)32(31)28-10-4-1-7-24(28)25-8-2-5-11-29(25)32/h1-20H. The van der Waals surface area contributed by atoms with Crippen LogP contribution in [-0.4, -0.2) is 6.29 Å². The van der Waals surface area contributed by atoms with Crippen molar-refractivity contribution < 1.29 is 4.79 Å². The second-order valence-corrected chi connectivity index (χ2v) is 8.89. The van der Waals surface area contributed by atoms with Gasteiger partial charge in [-0.25, -0.2) is 0 Å². The van der Waals surface area contributed by atoms with Gasteiger partial charge in [-0.1, -0.05) is 109 Å². The van der Waals surface area contributed by atoms with Gasteiger partial charge in [0.05, 0.1) is 5.41 Å². The van der Waals surface area contributed by atoms with Crippen molar-refractivity contribution in [3.8, 4) is 33.4 Å². The van der Waals surface area contributed by atoms with Crippen molar-refractivity contribution in [2.75, 3.05) is 0 Å². The summed E-state index contributed by atoms with van der Waals surface area (Å²) in [7, 11) is 0. The van der Waals surface area contributed by atoms with E-state index in [-0.39, 0.29) is 5.41 Å². The molecule has 1 heteroatoms. The predicted molar refractivity (Wildman–Crippen MR) is 134 cm³/mol. The zero-order valence-electron chi connectivity index (χ0n) is 18.0. The zero-order chi connectivity index (χ0) is 22.0. The quantitative estimate of drug-likeness (QED) is 0.265. The number of carbonyl (C=O) groups excluding carboxylic acids is 1. The van der Waals surface area contributed by atoms with Gasteiger partial charge in [0.1, 0.15) is 6.29 Å². The van der Waals surface area contributed by atoms with Crippen LogP contribution in [0.1, 0.15) is 32.6 Å². The van der Waals surface area contributed by atoms with Crippen molar-refractivity contribution >= 4 is 6.29 Å². The fourth-order valence-corrected chi connectivity index (χ4v) is 6.03. The molecule has 1 spiro atoms. The Morgan fingerprint density at radius 1 is 0.455 bits per heavy atom. The van der Waals surface area contributed by atoms with Gasteiger partial charge >= 0.3 is 0 Å². The number of benzene rings is 5. The van der Waals surface area contributed by atoms with E-state index in [9.17, 15) is 4.79 Å². The van der Waals surface area contributed by atoms with Gasteiger partial charge in [-0.05, 0) is 61.7 Å². The van der Waals surface area contributed by atoms with Gasteiger partial charge in [-0.2, -0.15) is 0 Å². The lowest BCUT2D eigenvalue weighted by Gasteiger charge is -2.30. The van der Waals surface area contributed by atoms with E-state index in [1.165, 1.54) is 44.5 Å².